The van der Waals surface area contributed by atoms with Gasteiger partial charge in [-0.2, -0.15) is 5.48 Å². The smallest absolute Gasteiger partial charge is 0.256 e. The third kappa shape index (κ3) is 3.49. The monoisotopic (exact) mass is 294 g/mol. The second-order valence-corrected chi connectivity index (χ2v) is 4.63. The van der Waals surface area contributed by atoms with Crippen molar-refractivity contribution in [2.24, 2.45) is 0 Å². The summed E-state index contributed by atoms with van der Waals surface area (Å²) in [6.07, 6.45) is 8.71. The van der Waals surface area contributed by atoms with E-state index in [-0.39, 0.29) is 12.3 Å². The van der Waals surface area contributed by atoms with E-state index in [4.69, 9.17) is 4.84 Å². The number of hydroxylamine groups is 1. The molecule has 0 radical (unpaired) electrons. The van der Waals surface area contributed by atoms with Crippen molar-refractivity contribution in [3.05, 3.63) is 73.1 Å². The van der Waals surface area contributed by atoms with Crippen molar-refractivity contribution in [1.29, 1.82) is 0 Å². The number of aromatic nitrogens is 3. The van der Waals surface area contributed by atoms with Crippen LogP contribution in [0.1, 0.15) is 5.56 Å². The van der Waals surface area contributed by atoms with E-state index in [9.17, 15) is 4.79 Å². The molecule has 0 fully saturated rings. The van der Waals surface area contributed by atoms with Crippen LogP contribution in [0.5, 0.6) is 5.75 Å². The molecule has 2 heterocycles. The lowest BCUT2D eigenvalue weighted by Crippen LogP contribution is -2.28. The van der Waals surface area contributed by atoms with Crippen LogP contribution < -0.4 is 10.3 Å². The number of carbonyl (C=O) groups is 1. The molecule has 0 bridgehead atoms. The second-order valence-electron chi connectivity index (χ2n) is 4.63. The lowest BCUT2D eigenvalue weighted by Gasteiger charge is -2.07. The van der Waals surface area contributed by atoms with Crippen molar-refractivity contribution in [2.45, 2.75) is 6.42 Å². The Labute approximate surface area is 127 Å². The Hall–Kier alpha value is -3.15. The first-order valence-electron chi connectivity index (χ1n) is 6.74. The van der Waals surface area contributed by atoms with E-state index in [0.29, 0.717) is 5.75 Å². The Bertz CT molecular complexity index is 725. The molecule has 0 saturated carbocycles. The summed E-state index contributed by atoms with van der Waals surface area (Å²) in [5.41, 5.74) is 4.29. The molecule has 0 aliphatic heterocycles. The average molecular weight is 294 g/mol. The zero-order chi connectivity index (χ0) is 15.2. The van der Waals surface area contributed by atoms with E-state index in [2.05, 4.69) is 15.4 Å². The maximum Gasteiger partial charge on any atom is 0.256 e. The van der Waals surface area contributed by atoms with Crippen molar-refractivity contribution in [2.75, 3.05) is 0 Å². The summed E-state index contributed by atoms with van der Waals surface area (Å²) in [6.45, 7) is 0. The van der Waals surface area contributed by atoms with Gasteiger partial charge in [0.2, 0.25) is 0 Å². The summed E-state index contributed by atoms with van der Waals surface area (Å²) in [5, 5.41) is 0. The summed E-state index contributed by atoms with van der Waals surface area (Å²) in [6, 6.07) is 11.1. The number of nitrogens with zero attached hydrogens (tertiary/aromatic N) is 3. The lowest BCUT2D eigenvalue weighted by atomic mass is 10.1. The Morgan fingerprint density at radius 3 is 2.68 bits per heavy atom. The minimum Gasteiger partial charge on any atom is -0.378 e. The van der Waals surface area contributed by atoms with Crippen LogP contribution in [0.2, 0.25) is 0 Å². The third-order valence-electron chi connectivity index (χ3n) is 3.02. The van der Waals surface area contributed by atoms with Crippen LogP contribution in [-0.4, -0.2) is 20.4 Å². The predicted octanol–water partition coefficient (Wildman–Crippen LogP) is 1.92. The van der Waals surface area contributed by atoms with Gasteiger partial charge in [-0.1, -0.05) is 12.1 Å². The van der Waals surface area contributed by atoms with Gasteiger partial charge in [0.05, 0.1) is 18.9 Å². The molecule has 6 nitrogen and oxygen atoms in total. The molecular weight excluding hydrogens is 280 g/mol. The molecule has 1 N–H and O–H groups in total. The molecule has 0 unspecified atom stereocenters. The van der Waals surface area contributed by atoms with Crippen molar-refractivity contribution >= 4 is 5.91 Å². The van der Waals surface area contributed by atoms with Gasteiger partial charge in [0.1, 0.15) is 0 Å². The van der Waals surface area contributed by atoms with Crippen LogP contribution >= 0.6 is 0 Å². The fraction of sp³-hybridized carbons (Fsp3) is 0.0625. The van der Waals surface area contributed by atoms with Crippen LogP contribution in [0.25, 0.3) is 5.69 Å². The molecule has 2 aromatic heterocycles. The number of amides is 1. The van der Waals surface area contributed by atoms with Crippen LogP contribution in [0.15, 0.2) is 67.5 Å². The Morgan fingerprint density at radius 2 is 2.00 bits per heavy atom. The number of pyridine rings is 1. The zero-order valence-electron chi connectivity index (χ0n) is 11.7. The first kappa shape index (κ1) is 13.8. The van der Waals surface area contributed by atoms with Crippen LogP contribution in [0.3, 0.4) is 0 Å². The van der Waals surface area contributed by atoms with Crippen molar-refractivity contribution in [3.8, 4) is 11.4 Å². The Kier molecular flexibility index (Phi) is 4.10. The van der Waals surface area contributed by atoms with Gasteiger partial charge in [0.25, 0.3) is 5.91 Å². The zero-order valence-corrected chi connectivity index (χ0v) is 11.7. The average Bonchev–Trinajstić information content (AvgIpc) is 3.09. The first-order chi connectivity index (χ1) is 10.8. The van der Waals surface area contributed by atoms with Crippen LogP contribution in [0.4, 0.5) is 0 Å². The van der Waals surface area contributed by atoms with E-state index < -0.39 is 0 Å². The molecule has 6 heteroatoms. The number of imidazole rings is 1. The van der Waals surface area contributed by atoms with E-state index in [1.807, 2.05) is 35.0 Å². The highest BCUT2D eigenvalue weighted by atomic mass is 16.7. The van der Waals surface area contributed by atoms with E-state index in [1.165, 1.54) is 6.20 Å². The topological polar surface area (TPSA) is 69.0 Å². The van der Waals surface area contributed by atoms with Crippen molar-refractivity contribution in [3.63, 3.8) is 0 Å². The molecule has 1 amide bonds. The highest BCUT2D eigenvalue weighted by Crippen LogP contribution is 2.10. The number of hydrogen-bond donors (Lipinski definition) is 1. The summed E-state index contributed by atoms with van der Waals surface area (Å²) in [5.74, 6) is 0.269. The second kappa shape index (κ2) is 6.53. The van der Waals surface area contributed by atoms with E-state index in [1.54, 1.807) is 30.9 Å². The lowest BCUT2D eigenvalue weighted by molar-refractivity contribution is -0.126. The molecule has 3 rings (SSSR count). The summed E-state index contributed by atoms with van der Waals surface area (Å²) < 4.78 is 1.90. The number of carbonyl (C=O) groups excluding carboxylic acids is 1. The highest BCUT2D eigenvalue weighted by molar-refractivity contribution is 5.77. The molecule has 0 spiro atoms. The standard InChI is InChI=1S/C16H14N4O2/c21-16(19-22-15-2-1-7-17-11-15)10-13-3-5-14(6-4-13)20-9-8-18-12-20/h1-9,11-12H,10H2,(H,19,21). The molecule has 1 aromatic carbocycles. The minimum atomic E-state index is -0.223. The van der Waals surface area contributed by atoms with Gasteiger partial charge >= 0.3 is 0 Å². The Morgan fingerprint density at radius 1 is 1.14 bits per heavy atom. The largest absolute Gasteiger partial charge is 0.378 e. The van der Waals surface area contributed by atoms with Crippen molar-refractivity contribution < 1.29 is 9.63 Å². The van der Waals surface area contributed by atoms with Gasteiger partial charge in [0, 0.05) is 24.3 Å². The van der Waals surface area contributed by atoms with Gasteiger partial charge in [-0.05, 0) is 29.8 Å². The number of rotatable bonds is 5. The molecule has 0 saturated heterocycles. The molecular formula is C16H14N4O2. The summed E-state index contributed by atoms with van der Waals surface area (Å²) in [7, 11) is 0. The predicted molar refractivity (Wildman–Crippen MR) is 80.3 cm³/mol. The highest BCUT2D eigenvalue weighted by Gasteiger charge is 2.05. The normalized spacial score (nSPS) is 10.2. The molecule has 22 heavy (non-hydrogen) atoms. The summed E-state index contributed by atoms with van der Waals surface area (Å²) >= 11 is 0. The van der Waals surface area contributed by atoms with E-state index in [0.717, 1.165) is 11.3 Å². The van der Waals surface area contributed by atoms with Gasteiger partial charge in [-0.25, -0.2) is 4.98 Å². The molecule has 0 aliphatic carbocycles. The van der Waals surface area contributed by atoms with Crippen molar-refractivity contribution in [1.82, 2.24) is 20.0 Å². The Balaban J connectivity index is 1.55. The van der Waals surface area contributed by atoms with Gasteiger partial charge < -0.3 is 9.40 Å². The fourth-order valence-corrected chi connectivity index (χ4v) is 1.94. The molecule has 0 aliphatic rings. The number of nitrogens with one attached hydrogen (secondary N) is 1. The number of hydrogen-bond acceptors (Lipinski definition) is 4. The van der Waals surface area contributed by atoms with Gasteiger partial charge in [0.15, 0.2) is 5.75 Å². The maximum absolute atomic E-state index is 11.8. The molecule has 3 aromatic rings. The van der Waals surface area contributed by atoms with Gasteiger partial charge in [-0.15, -0.1) is 0 Å². The van der Waals surface area contributed by atoms with Crippen LogP contribution in [0, 0.1) is 0 Å². The maximum atomic E-state index is 11.8. The first-order valence-corrected chi connectivity index (χ1v) is 6.74. The van der Waals surface area contributed by atoms with Gasteiger partial charge in [-0.3, -0.25) is 9.78 Å². The molecule has 110 valence electrons. The molecule has 0 atom stereocenters. The minimum absolute atomic E-state index is 0.223. The van der Waals surface area contributed by atoms with Crippen LogP contribution in [-0.2, 0) is 11.2 Å². The third-order valence-corrected chi connectivity index (χ3v) is 3.02. The van der Waals surface area contributed by atoms with E-state index >= 15 is 0 Å². The SMILES string of the molecule is O=C(Cc1ccc(-n2ccnc2)cc1)NOc1cccnc1. The fourth-order valence-electron chi connectivity index (χ4n) is 1.94. The summed E-state index contributed by atoms with van der Waals surface area (Å²) in [4.78, 5) is 24.9. The number of benzene rings is 1. The quantitative estimate of drug-likeness (QED) is 0.730.